The van der Waals surface area contributed by atoms with Crippen molar-refractivity contribution in [2.24, 2.45) is 0 Å². The van der Waals surface area contributed by atoms with E-state index in [0.29, 0.717) is 42.6 Å². The van der Waals surface area contributed by atoms with Gasteiger partial charge in [0.2, 0.25) is 0 Å². The molecule has 1 heterocycles. The highest BCUT2D eigenvalue weighted by molar-refractivity contribution is 9.10. The Bertz CT molecular complexity index is 1100. The van der Waals surface area contributed by atoms with E-state index in [9.17, 15) is 0 Å². The maximum absolute atomic E-state index is 15.1. The third-order valence-electron chi connectivity index (χ3n) is 5.93. The number of nitrogens with zero attached hydrogens (tertiary/aromatic N) is 1. The summed E-state index contributed by atoms with van der Waals surface area (Å²) in [4.78, 5) is 0.652. The van der Waals surface area contributed by atoms with Gasteiger partial charge >= 0.3 is 0 Å². The van der Waals surface area contributed by atoms with Crippen LogP contribution in [0.5, 0.6) is 5.75 Å². The van der Waals surface area contributed by atoms with E-state index in [0.717, 1.165) is 35.3 Å². The molecule has 0 radical (unpaired) electrons. The molecule has 0 saturated heterocycles. The van der Waals surface area contributed by atoms with Crippen LogP contribution in [0.2, 0.25) is 0 Å². The van der Waals surface area contributed by atoms with Crippen molar-refractivity contribution in [2.75, 3.05) is 45.4 Å². The van der Waals surface area contributed by atoms with Gasteiger partial charge in [-0.3, -0.25) is 0 Å². The SMILES string of the molecule is COCCOCCOc1ccc(NCC(F)Cn2c3c(c4c2=CCC(Br)C=4)CC(Br)C=C3)cc1. The van der Waals surface area contributed by atoms with E-state index in [1.54, 1.807) is 7.11 Å². The van der Waals surface area contributed by atoms with Crippen molar-refractivity contribution in [3.05, 3.63) is 52.2 Å². The van der Waals surface area contributed by atoms with Crippen molar-refractivity contribution in [2.45, 2.75) is 35.2 Å². The molecule has 0 aliphatic heterocycles. The molecule has 8 heteroatoms. The Morgan fingerprint density at radius 2 is 1.91 bits per heavy atom. The van der Waals surface area contributed by atoms with E-state index < -0.39 is 6.17 Å². The summed E-state index contributed by atoms with van der Waals surface area (Å²) in [5, 5.41) is 5.60. The second-order valence-corrected chi connectivity index (χ2v) is 10.8. The number of anilines is 1. The van der Waals surface area contributed by atoms with E-state index in [1.165, 1.54) is 10.8 Å². The van der Waals surface area contributed by atoms with Crippen LogP contribution in [0.1, 0.15) is 17.7 Å². The van der Waals surface area contributed by atoms with Crippen LogP contribution in [0, 0.1) is 0 Å². The van der Waals surface area contributed by atoms with Gasteiger partial charge in [0.05, 0.1) is 26.4 Å². The van der Waals surface area contributed by atoms with Crippen molar-refractivity contribution >= 4 is 55.8 Å². The predicted octanol–water partition coefficient (Wildman–Crippen LogP) is 4.04. The molecule has 34 heavy (non-hydrogen) atoms. The Morgan fingerprint density at radius 1 is 1.12 bits per heavy atom. The minimum atomic E-state index is -1.02. The normalized spacial score (nSPS) is 19.5. The molecule has 0 spiro atoms. The van der Waals surface area contributed by atoms with Gasteiger partial charge in [-0.05, 0) is 48.7 Å². The Morgan fingerprint density at radius 3 is 2.71 bits per heavy atom. The number of alkyl halides is 3. The number of hydrogen-bond acceptors (Lipinski definition) is 4. The lowest BCUT2D eigenvalue weighted by atomic mass is 10.0. The zero-order chi connectivity index (χ0) is 23.9. The van der Waals surface area contributed by atoms with Gasteiger partial charge in [0, 0.05) is 45.3 Å². The van der Waals surface area contributed by atoms with E-state index in [1.807, 2.05) is 24.3 Å². The van der Waals surface area contributed by atoms with Crippen molar-refractivity contribution in [3.63, 3.8) is 0 Å². The monoisotopic (exact) mass is 596 g/mol. The van der Waals surface area contributed by atoms with Crippen LogP contribution in [-0.4, -0.2) is 60.5 Å². The maximum Gasteiger partial charge on any atom is 0.135 e. The van der Waals surface area contributed by atoms with Crippen LogP contribution >= 0.6 is 31.9 Å². The molecule has 1 N–H and O–H groups in total. The van der Waals surface area contributed by atoms with Crippen molar-refractivity contribution in [3.8, 4) is 5.75 Å². The third-order valence-corrected chi connectivity index (χ3v) is 7.20. The summed E-state index contributed by atoms with van der Waals surface area (Å²) in [5.74, 6) is 0.761. The molecule has 2 aliphatic carbocycles. The molecule has 0 amide bonds. The number of allylic oxidation sites excluding steroid dienone is 1. The minimum absolute atomic E-state index is 0.241. The lowest BCUT2D eigenvalue weighted by Crippen LogP contribution is -2.36. The summed E-state index contributed by atoms with van der Waals surface area (Å²) in [7, 11) is 1.65. The van der Waals surface area contributed by atoms with Gasteiger partial charge in [-0.15, -0.1) is 0 Å². The van der Waals surface area contributed by atoms with Crippen LogP contribution in [0.4, 0.5) is 10.1 Å². The number of halogens is 3. The second-order valence-electron chi connectivity index (χ2n) is 8.43. The summed E-state index contributed by atoms with van der Waals surface area (Å²) >= 11 is 7.42. The highest BCUT2D eigenvalue weighted by Gasteiger charge is 2.22. The number of nitrogens with one attached hydrogen (secondary N) is 1. The fourth-order valence-electron chi connectivity index (χ4n) is 4.29. The number of aromatic nitrogens is 1. The average Bonchev–Trinajstić information content (AvgIpc) is 3.12. The molecular weight excluding hydrogens is 567 g/mol. The highest BCUT2D eigenvalue weighted by atomic mass is 79.9. The van der Waals surface area contributed by atoms with E-state index in [2.05, 4.69) is 66.0 Å². The summed E-state index contributed by atoms with van der Waals surface area (Å²) in [6, 6.07) is 7.58. The van der Waals surface area contributed by atoms with Gasteiger partial charge in [0.25, 0.3) is 0 Å². The number of benzene rings is 1. The molecule has 1 aromatic heterocycles. The van der Waals surface area contributed by atoms with E-state index in [-0.39, 0.29) is 6.54 Å². The molecule has 2 aliphatic rings. The molecule has 5 nitrogen and oxygen atoms in total. The number of ether oxygens (including phenoxy) is 3. The zero-order valence-electron chi connectivity index (χ0n) is 19.3. The zero-order valence-corrected chi connectivity index (χ0v) is 22.5. The summed E-state index contributed by atoms with van der Waals surface area (Å²) in [5.41, 5.74) is 3.30. The fourth-order valence-corrected chi connectivity index (χ4v) is 5.22. The van der Waals surface area contributed by atoms with Crippen molar-refractivity contribution in [1.29, 1.82) is 0 Å². The fraction of sp³-hybridized carbons (Fsp3) is 0.462. The second kappa shape index (κ2) is 12.4. The molecule has 2 aromatic rings. The van der Waals surface area contributed by atoms with E-state index >= 15 is 4.39 Å². The van der Waals surface area contributed by atoms with Crippen LogP contribution in [0.3, 0.4) is 0 Å². The van der Waals surface area contributed by atoms with E-state index in [4.69, 9.17) is 14.2 Å². The first-order chi connectivity index (χ1) is 16.5. The summed E-state index contributed by atoms with van der Waals surface area (Å²) < 4.78 is 33.3. The highest BCUT2D eigenvalue weighted by Crippen LogP contribution is 2.23. The van der Waals surface area contributed by atoms with Crippen LogP contribution in [0.15, 0.2) is 30.3 Å². The van der Waals surface area contributed by atoms with Gasteiger partial charge in [0.15, 0.2) is 0 Å². The number of methoxy groups -OCH3 is 1. The van der Waals surface area contributed by atoms with Crippen molar-refractivity contribution < 1.29 is 18.6 Å². The molecule has 4 rings (SSSR count). The van der Waals surface area contributed by atoms with Gasteiger partial charge in [0.1, 0.15) is 18.5 Å². The number of hydrogen-bond donors (Lipinski definition) is 1. The predicted molar refractivity (Wildman–Crippen MR) is 143 cm³/mol. The minimum Gasteiger partial charge on any atom is -0.491 e. The third kappa shape index (κ3) is 6.53. The average molecular weight is 598 g/mol. The molecule has 0 bridgehead atoms. The molecule has 0 fully saturated rings. The van der Waals surface area contributed by atoms with Gasteiger partial charge in [-0.1, -0.05) is 50.1 Å². The lowest BCUT2D eigenvalue weighted by molar-refractivity contribution is 0.0544. The molecule has 3 unspecified atom stereocenters. The standard InChI is InChI=1S/C26H31Br2FN2O3/c1-32-10-11-33-12-13-34-22-6-4-21(5-7-22)30-16-20(29)17-31-25-8-2-18(27)14-23(25)24-15-19(28)3-9-26(24)31/h2,4-9,15,18-20,30H,3,10-14,16-17H2,1H3. The Labute approximate surface area is 216 Å². The molecule has 1 aromatic carbocycles. The quantitative estimate of drug-likeness (QED) is 0.296. The number of rotatable bonds is 12. The van der Waals surface area contributed by atoms with Crippen LogP contribution < -0.4 is 20.6 Å². The van der Waals surface area contributed by atoms with Crippen LogP contribution in [-0.2, 0) is 22.4 Å². The molecule has 184 valence electrons. The largest absolute Gasteiger partial charge is 0.491 e. The Hall–Kier alpha value is -1.61. The first-order valence-electron chi connectivity index (χ1n) is 11.6. The molecule has 0 saturated carbocycles. The number of fused-ring (bicyclic) bond motifs is 3. The molecule has 3 atom stereocenters. The Kier molecular flexibility index (Phi) is 9.28. The van der Waals surface area contributed by atoms with Crippen molar-refractivity contribution in [1.82, 2.24) is 4.57 Å². The first-order valence-corrected chi connectivity index (χ1v) is 13.5. The summed E-state index contributed by atoms with van der Waals surface area (Å²) in [6.07, 6.45) is 9.59. The van der Waals surface area contributed by atoms with Gasteiger partial charge in [-0.2, -0.15) is 0 Å². The van der Waals surface area contributed by atoms with Gasteiger partial charge < -0.3 is 24.1 Å². The lowest BCUT2D eigenvalue weighted by Gasteiger charge is -2.17. The maximum atomic E-state index is 15.1. The topological polar surface area (TPSA) is 44.6 Å². The molecular formula is C26H31Br2FN2O3. The summed E-state index contributed by atoms with van der Waals surface area (Å²) in [6.45, 7) is 2.68. The van der Waals surface area contributed by atoms with Crippen LogP contribution in [0.25, 0.3) is 18.2 Å². The Balaban J connectivity index is 1.32. The smallest absolute Gasteiger partial charge is 0.135 e. The first kappa shape index (κ1) is 25.5. The van der Waals surface area contributed by atoms with Gasteiger partial charge in [-0.25, -0.2) is 4.39 Å².